The van der Waals surface area contributed by atoms with E-state index in [2.05, 4.69) is 19.9 Å². The molecule has 0 aromatic carbocycles. The van der Waals surface area contributed by atoms with Gasteiger partial charge in [-0.1, -0.05) is 11.6 Å². The molecule has 4 rings (SSSR count). The van der Waals surface area contributed by atoms with Gasteiger partial charge in [0.25, 0.3) is 0 Å². The lowest BCUT2D eigenvalue weighted by Crippen LogP contribution is -2.01. The van der Waals surface area contributed by atoms with Gasteiger partial charge in [0.1, 0.15) is 17.3 Å². The van der Waals surface area contributed by atoms with Crippen LogP contribution in [-0.4, -0.2) is 19.9 Å². The molecule has 4 aromatic rings. The third kappa shape index (κ3) is 3.66. The van der Waals surface area contributed by atoms with Gasteiger partial charge in [-0.3, -0.25) is 15.0 Å². The van der Waals surface area contributed by atoms with Crippen LogP contribution in [0.15, 0.2) is 55.1 Å². The van der Waals surface area contributed by atoms with E-state index in [1.165, 1.54) is 18.3 Å². The van der Waals surface area contributed by atoms with E-state index >= 15 is 0 Å². The summed E-state index contributed by atoms with van der Waals surface area (Å²) in [4.78, 5) is 15.7. The van der Waals surface area contributed by atoms with Crippen molar-refractivity contribution in [2.75, 3.05) is 0 Å². The maximum absolute atomic E-state index is 14.9. The van der Waals surface area contributed by atoms with Crippen molar-refractivity contribution < 1.29 is 17.6 Å². The van der Waals surface area contributed by atoms with Crippen LogP contribution in [0.2, 0.25) is 5.02 Å². The first-order chi connectivity index (χ1) is 13.9. The number of halogens is 5. The second-order valence-electron chi connectivity index (χ2n) is 5.92. The van der Waals surface area contributed by atoms with E-state index in [4.69, 9.17) is 11.6 Å². The van der Waals surface area contributed by atoms with Crippen molar-refractivity contribution >= 4 is 11.6 Å². The molecular formula is C20H9ClF4N4. The molecule has 0 amide bonds. The Bertz CT molecular complexity index is 1220. The summed E-state index contributed by atoms with van der Waals surface area (Å²) in [6.45, 7) is 0. The normalized spacial score (nSPS) is 10.9. The van der Waals surface area contributed by atoms with Crippen LogP contribution in [0.3, 0.4) is 0 Å². The van der Waals surface area contributed by atoms with Gasteiger partial charge in [0.2, 0.25) is 0 Å². The molecule has 0 spiro atoms. The van der Waals surface area contributed by atoms with E-state index in [1.54, 1.807) is 0 Å². The van der Waals surface area contributed by atoms with Gasteiger partial charge in [-0.05, 0) is 30.3 Å². The predicted molar refractivity (Wildman–Crippen MR) is 98.8 cm³/mol. The van der Waals surface area contributed by atoms with E-state index in [0.717, 1.165) is 36.8 Å². The highest BCUT2D eigenvalue weighted by Crippen LogP contribution is 2.35. The molecule has 0 aliphatic rings. The summed E-state index contributed by atoms with van der Waals surface area (Å²) in [5.74, 6) is -2.89. The Balaban J connectivity index is 1.99. The first-order valence-electron chi connectivity index (χ1n) is 8.18. The minimum absolute atomic E-state index is 0.0287. The zero-order valence-corrected chi connectivity index (χ0v) is 15.1. The SMILES string of the molecule is Fc1ccc(-c2nc(-c3cc(Cl)c(F)cn3)c(F)cc2-c2ccncc2F)nc1. The molecule has 9 heteroatoms. The standard InChI is InChI=1S/C20H9ClF4N4/c21-13-6-18(28-9-16(13)25)20-14(23)5-12(11-3-4-26-8-15(11)24)19(29-20)17-2-1-10(22)7-27-17/h1-9H. The van der Waals surface area contributed by atoms with Gasteiger partial charge in [-0.2, -0.15) is 0 Å². The minimum atomic E-state index is -0.836. The molecule has 0 radical (unpaired) electrons. The molecule has 0 saturated carbocycles. The lowest BCUT2D eigenvalue weighted by Gasteiger charge is -2.13. The molecule has 0 N–H and O–H groups in total. The number of nitrogens with zero attached hydrogens (tertiary/aromatic N) is 4. The maximum Gasteiger partial charge on any atom is 0.160 e. The molecule has 0 aliphatic heterocycles. The van der Waals surface area contributed by atoms with Crippen molar-refractivity contribution in [1.29, 1.82) is 0 Å². The fourth-order valence-corrected chi connectivity index (χ4v) is 2.87. The summed E-state index contributed by atoms with van der Waals surface area (Å²) in [7, 11) is 0. The van der Waals surface area contributed by atoms with Crippen LogP contribution in [0.25, 0.3) is 33.9 Å². The predicted octanol–water partition coefficient (Wildman–Crippen LogP) is 5.48. The van der Waals surface area contributed by atoms with E-state index in [9.17, 15) is 17.6 Å². The zero-order chi connectivity index (χ0) is 20.5. The van der Waals surface area contributed by atoms with Crippen LogP contribution in [0.5, 0.6) is 0 Å². The summed E-state index contributed by atoms with van der Waals surface area (Å²) < 4.78 is 55.9. The second kappa shape index (κ2) is 7.56. The molecule has 0 fully saturated rings. The van der Waals surface area contributed by atoms with Crippen molar-refractivity contribution in [3.05, 3.63) is 83.4 Å². The van der Waals surface area contributed by atoms with Crippen molar-refractivity contribution in [2.24, 2.45) is 0 Å². The molecule has 4 nitrogen and oxygen atoms in total. The highest BCUT2D eigenvalue weighted by atomic mass is 35.5. The van der Waals surface area contributed by atoms with Gasteiger partial charge in [-0.15, -0.1) is 0 Å². The Labute approximate surface area is 166 Å². The van der Waals surface area contributed by atoms with Crippen LogP contribution in [0, 0.1) is 23.3 Å². The first-order valence-corrected chi connectivity index (χ1v) is 8.55. The molecule has 0 saturated heterocycles. The van der Waals surface area contributed by atoms with Crippen molar-refractivity contribution in [3.63, 3.8) is 0 Å². The Hall–Kier alpha value is -3.39. The van der Waals surface area contributed by atoms with E-state index < -0.39 is 23.3 Å². The van der Waals surface area contributed by atoms with Crippen LogP contribution in [0.4, 0.5) is 17.6 Å². The highest BCUT2D eigenvalue weighted by Gasteiger charge is 2.20. The van der Waals surface area contributed by atoms with Crippen LogP contribution >= 0.6 is 11.6 Å². The van der Waals surface area contributed by atoms with E-state index in [-0.39, 0.29) is 38.9 Å². The smallest absolute Gasteiger partial charge is 0.160 e. The summed E-state index contributed by atoms with van der Waals surface area (Å²) in [6.07, 6.45) is 4.11. The molecule has 0 bridgehead atoms. The van der Waals surface area contributed by atoms with Gasteiger partial charge >= 0.3 is 0 Å². The van der Waals surface area contributed by atoms with Gasteiger partial charge in [-0.25, -0.2) is 22.5 Å². The molecule has 0 unspecified atom stereocenters. The first kappa shape index (κ1) is 18.9. The number of rotatable bonds is 3. The van der Waals surface area contributed by atoms with Crippen molar-refractivity contribution in [1.82, 2.24) is 19.9 Å². The largest absolute Gasteiger partial charge is 0.262 e. The van der Waals surface area contributed by atoms with Gasteiger partial charge < -0.3 is 0 Å². The molecule has 144 valence electrons. The fourth-order valence-electron chi connectivity index (χ4n) is 2.72. The van der Waals surface area contributed by atoms with Crippen molar-refractivity contribution in [2.45, 2.75) is 0 Å². The topological polar surface area (TPSA) is 51.6 Å². The van der Waals surface area contributed by atoms with Crippen LogP contribution in [0.1, 0.15) is 0 Å². The lowest BCUT2D eigenvalue weighted by atomic mass is 10.0. The quantitative estimate of drug-likeness (QED) is 0.415. The lowest BCUT2D eigenvalue weighted by molar-refractivity contribution is 0.616. The molecule has 4 aromatic heterocycles. The van der Waals surface area contributed by atoms with Crippen molar-refractivity contribution in [3.8, 4) is 33.9 Å². The fraction of sp³-hybridized carbons (Fsp3) is 0. The monoisotopic (exact) mass is 416 g/mol. The second-order valence-corrected chi connectivity index (χ2v) is 6.32. The Morgan fingerprint density at radius 2 is 1.48 bits per heavy atom. The average Bonchev–Trinajstić information content (AvgIpc) is 2.71. The molecule has 0 atom stereocenters. The molecule has 0 aliphatic carbocycles. The van der Waals surface area contributed by atoms with E-state index in [1.807, 2.05) is 0 Å². The third-order valence-electron chi connectivity index (χ3n) is 4.06. The molecule has 4 heterocycles. The number of hydrogen-bond acceptors (Lipinski definition) is 4. The summed E-state index contributed by atoms with van der Waals surface area (Å²) in [5, 5.41) is -0.262. The summed E-state index contributed by atoms with van der Waals surface area (Å²) in [6, 6.07) is 6.00. The van der Waals surface area contributed by atoms with Crippen LogP contribution in [-0.2, 0) is 0 Å². The van der Waals surface area contributed by atoms with Gasteiger partial charge in [0.15, 0.2) is 11.6 Å². The highest BCUT2D eigenvalue weighted by molar-refractivity contribution is 6.30. The number of aromatic nitrogens is 4. The Morgan fingerprint density at radius 3 is 2.17 bits per heavy atom. The molecular weight excluding hydrogens is 408 g/mol. The van der Waals surface area contributed by atoms with Crippen LogP contribution < -0.4 is 0 Å². The zero-order valence-electron chi connectivity index (χ0n) is 14.4. The third-order valence-corrected chi connectivity index (χ3v) is 4.35. The minimum Gasteiger partial charge on any atom is -0.262 e. The van der Waals surface area contributed by atoms with Gasteiger partial charge in [0, 0.05) is 17.3 Å². The Kier molecular flexibility index (Phi) is 4.94. The number of pyridine rings is 4. The maximum atomic E-state index is 14.9. The molecule has 29 heavy (non-hydrogen) atoms. The average molecular weight is 417 g/mol. The summed E-state index contributed by atoms with van der Waals surface area (Å²) >= 11 is 5.76. The summed E-state index contributed by atoms with van der Waals surface area (Å²) in [5.41, 5.74) is 0.0914. The van der Waals surface area contributed by atoms with E-state index in [0.29, 0.717) is 0 Å². The van der Waals surface area contributed by atoms with Gasteiger partial charge in [0.05, 0.1) is 40.7 Å². The number of hydrogen-bond donors (Lipinski definition) is 0. The Morgan fingerprint density at radius 1 is 0.690 bits per heavy atom.